The van der Waals surface area contributed by atoms with Crippen molar-refractivity contribution in [2.24, 2.45) is 0 Å². The molecule has 10 aromatic rings. The van der Waals surface area contributed by atoms with E-state index < -0.39 is 0 Å². The highest BCUT2D eigenvalue weighted by Crippen LogP contribution is 2.44. The number of hydrogen-bond acceptors (Lipinski definition) is 1. The average molecular weight is 597 g/mol. The Bertz CT molecular complexity index is 2780. The van der Waals surface area contributed by atoms with Gasteiger partial charge in [-0.05, 0) is 78.2 Å². The van der Waals surface area contributed by atoms with Gasteiger partial charge in [-0.25, -0.2) is 4.52 Å². The molecule has 0 aliphatic rings. The quantitative estimate of drug-likeness (QED) is 0.185. The Kier molecular flexibility index (Phi) is 5.61. The van der Waals surface area contributed by atoms with Crippen LogP contribution in [0.25, 0.3) is 93.0 Å². The van der Waals surface area contributed by atoms with Crippen molar-refractivity contribution in [3.63, 3.8) is 0 Å². The second kappa shape index (κ2) is 10.1. The monoisotopic (exact) mass is 596 g/mol. The Morgan fingerprint density at radius 3 is 1.51 bits per heavy atom. The number of rotatable bonds is 3. The van der Waals surface area contributed by atoms with Crippen molar-refractivity contribution in [3.05, 3.63) is 170 Å². The molecule has 2 nitrogen and oxygen atoms in total. The topological polar surface area (TPSA) is 17.3 Å². The van der Waals surface area contributed by atoms with E-state index in [2.05, 4.69) is 174 Å². The molecule has 2 aromatic heterocycles. The molecule has 2 heteroatoms. The van der Waals surface area contributed by atoms with Crippen LogP contribution >= 0.6 is 0 Å². The zero-order valence-corrected chi connectivity index (χ0v) is 25.6. The highest BCUT2D eigenvalue weighted by Gasteiger charge is 2.18. The van der Waals surface area contributed by atoms with E-state index in [1.807, 2.05) is 0 Å². The summed E-state index contributed by atoms with van der Waals surface area (Å²) in [6, 6.07) is 61.6. The van der Waals surface area contributed by atoms with Crippen LogP contribution in [0.1, 0.15) is 0 Å². The molecule has 0 saturated carbocycles. The summed E-state index contributed by atoms with van der Waals surface area (Å²) in [5, 5.41) is 16.2. The third-order valence-corrected chi connectivity index (χ3v) is 9.75. The molecule has 10 rings (SSSR count). The summed E-state index contributed by atoms with van der Waals surface area (Å²) in [5.74, 6) is 0. The molecule has 2 heterocycles. The van der Waals surface area contributed by atoms with E-state index in [1.165, 1.54) is 70.7 Å². The van der Waals surface area contributed by atoms with Gasteiger partial charge in [0.2, 0.25) is 0 Å². The lowest BCUT2D eigenvalue weighted by Gasteiger charge is -2.18. The smallest absolute Gasteiger partial charge is 0.0934 e. The van der Waals surface area contributed by atoms with Crippen molar-refractivity contribution in [2.75, 3.05) is 0 Å². The SMILES string of the molecule is c1ccc2cc(-c3c4ccccc4c(-c4ccc(-c5cc6ccccc6c6c7ccccc7nn56)cc4)c4ccccc34)ccc2c1. The standard InChI is InChI=1S/C45H28N2/c1-2-12-32-27-34(26-21-29(32)11-1)44-38-17-7-5-15-36(38)43(37-16-6-8-18-39(37)44)31-24-22-30(23-25-31)42-28-33-13-3-4-14-35(33)45-40-19-9-10-20-41(40)46-47(42)45/h1-28H. The lowest BCUT2D eigenvalue weighted by Crippen LogP contribution is -1.95. The molecule has 8 aromatic carbocycles. The van der Waals surface area contributed by atoms with E-state index in [9.17, 15) is 0 Å². The minimum atomic E-state index is 1.01. The van der Waals surface area contributed by atoms with Crippen molar-refractivity contribution in [3.8, 4) is 33.5 Å². The van der Waals surface area contributed by atoms with Gasteiger partial charge in [-0.3, -0.25) is 0 Å². The lowest BCUT2D eigenvalue weighted by molar-refractivity contribution is 0.996. The normalized spacial score (nSPS) is 11.8. The van der Waals surface area contributed by atoms with Gasteiger partial charge in [-0.15, -0.1) is 0 Å². The average Bonchev–Trinajstić information content (AvgIpc) is 3.53. The number of fused-ring (bicyclic) bond motifs is 8. The van der Waals surface area contributed by atoms with Gasteiger partial charge < -0.3 is 0 Å². The van der Waals surface area contributed by atoms with E-state index in [-0.39, 0.29) is 0 Å². The number of hydrogen-bond donors (Lipinski definition) is 0. The Hall–Kier alpha value is -6.25. The number of benzene rings is 8. The van der Waals surface area contributed by atoms with E-state index in [4.69, 9.17) is 5.10 Å². The maximum absolute atomic E-state index is 5.08. The van der Waals surface area contributed by atoms with Crippen LogP contribution in [0.4, 0.5) is 0 Å². The van der Waals surface area contributed by atoms with Crippen LogP contribution in [0.2, 0.25) is 0 Å². The highest BCUT2D eigenvalue weighted by atomic mass is 15.2. The van der Waals surface area contributed by atoms with Gasteiger partial charge in [0.1, 0.15) is 0 Å². The molecule has 0 aliphatic heterocycles. The van der Waals surface area contributed by atoms with E-state index >= 15 is 0 Å². The number of pyridine rings is 1. The minimum absolute atomic E-state index is 1.01. The Morgan fingerprint density at radius 1 is 0.340 bits per heavy atom. The van der Waals surface area contributed by atoms with Gasteiger partial charge in [0.05, 0.1) is 16.7 Å². The predicted molar refractivity (Wildman–Crippen MR) is 199 cm³/mol. The Balaban J connectivity index is 1.19. The third-order valence-electron chi connectivity index (χ3n) is 9.75. The zero-order valence-electron chi connectivity index (χ0n) is 25.6. The Labute approximate surface area is 271 Å². The predicted octanol–water partition coefficient (Wildman–Crippen LogP) is 12.1. The second-order valence-electron chi connectivity index (χ2n) is 12.4. The van der Waals surface area contributed by atoms with Gasteiger partial charge in [0.25, 0.3) is 0 Å². The van der Waals surface area contributed by atoms with Crippen molar-refractivity contribution in [2.45, 2.75) is 0 Å². The maximum atomic E-state index is 5.08. The molecular formula is C45H28N2. The van der Waals surface area contributed by atoms with Crippen molar-refractivity contribution < 1.29 is 0 Å². The molecule has 0 amide bonds. The summed E-state index contributed by atoms with van der Waals surface area (Å²) in [4.78, 5) is 0. The zero-order chi connectivity index (χ0) is 30.9. The summed E-state index contributed by atoms with van der Waals surface area (Å²) in [6.07, 6.45) is 0. The summed E-state index contributed by atoms with van der Waals surface area (Å²) < 4.78 is 2.13. The van der Waals surface area contributed by atoms with Gasteiger partial charge in [0.15, 0.2) is 0 Å². The number of aromatic nitrogens is 2. The van der Waals surface area contributed by atoms with Crippen LogP contribution in [-0.2, 0) is 0 Å². The first kappa shape index (κ1) is 26.0. The molecule has 0 N–H and O–H groups in total. The molecule has 0 unspecified atom stereocenters. The largest absolute Gasteiger partial charge is 0.231 e. The van der Waals surface area contributed by atoms with Crippen LogP contribution < -0.4 is 0 Å². The van der Waals surface area contributed by atoms with Crippen LogP contribution in [0, 0.1) is 0 Å². The first-order valence-electron chi connectivity index (χ1n) is 16.1. The molecule has 0 bridgehead atoms. The molecule has 0 aliphatic carbocycles. The van der Waals surface area contributed by atoms with E-state index in [0.717, 1.165) is 22.3 Å². The lowest BCUT2D eigenvalue weighted by atomic mass is 9.85. The molecule has 47 heavy (non-hydrogen) atoms. The molecule has 0 fully saturated rings. The van der Waals surface area contributed by atoms with Crippen LogP contribution in [0.15, 0.2) is 170 Å². The molecule has 0 saturated heterocycles. The van der Waals surface area contributed by atoms with Gasteiger partial charge >= 0.3 is 0 Å². The molecule has 0 atom stereocenters. The van der Waals surface area contributed by atoms with Crippen LogP contribution in [0.3, 0.4) is 0 Å². The summed E-state index contributed by atoms with van der Waals surface area (Å²) in [7, 11) is 0. The highest BCUT2D eigenvalue weighted by molar-refractivity contribution is 6.21. The van der Waals surface area contributed by atoms with E-state index in [0.29, 0.717) is 0 Å². The minimum Gasteiger partial charge on any atom is -0.231 e. The van der Waals surface area contributed by atoms with Gasteiger partial charge in [-0.1, -0.05) is 152 Å². The summed E-state index contributed by atoms with van der Waals surface area (Å²) in [5.41, 5.74) is 9.37. The summed E-state index contributed by atoms with van der Waals surface area (Å²) >= 11 is 0. The van der Waals surface area contributed by atoms with Crippen LogP contribution in [-0.4, -0.2) is 9.61 Å². The third kappa shape index (κ3) is 3.95. The fourth-order valence-corrected chi connectivity index (χ4v) is 7.62. The van der Waals surface area contributed by atoms with Gasteiger partial charge in [-0.2, -0.15) is 5.10 Å². The fraction of sp³-hybridized carbons (Fsp3) is 0. The first-order valence-corrected chi connectivity index (χ1v) is 16.1. The van der Waals surface area contributed by atoms with Crippen molar-refractivity contribution in [1.82, 2.24) is 9.61 Å². The van der Waals surface area contributed by atoms with Crippen LogP contribution in [0.5, 0.6) is 0 Å². The van der Waals surface area contributed by atoms with Crippen molar-refractivity contribution >= 4 is 59.5 Å². The molecule has 218 valence electrons. The molecular weight excluding hydrogens is 569 g/mol. The second-order valence-corrected chi connectivity index (χ2v) is 12.4. The van der Waals surface area contributed by atoms with Crippen molar-refractivity contribution in [1.29, 1.82) is 0 Å². The first-order chi connectivity index (χ1) is 23.3. The van der Waals surface area contributed by atoms with E-state index in [1.54, 1.807) is 0 Å². The summed E-state index contributed by atoms with van der Waals surface area (Å²) in [6.45, 7) is 0. The Morgan fingerprint density at radius 2 is 0.830 bits per heavy atom. The maximum Gasteiger partial charge on any atom is 0.0934 e. The number of nitrogens with zero attached hydrogens (tertiary/aromatic N) is 2. The fourth-order valence-electron chi connectivity index (χ4n) is 7.62. The van der Waals surface area contributed by atoms with Gasteiger partial charge in [0, 0.05) is 16.3 Å². The molecule has 0 radical (unpaired) electrons. The molecule has 0 spiro atoms.